The molecule has 0 aromatic rings. The second-order valence-corrected chi connectivity index (χ2v) is 4.41. The number of hydrogen-bond donors (Lipinski definition) is 3. The lowest BCUT2D eigenvalue weighted by molar-refractivity contribution is -0.125. The van der Waals surface area contributed by atoms with Crippen molar-refractivity contribution in [2.75, 3.05) is 6.54 Å². The zero-order chi connectivity index (χ0) is 10.8. The highest BCUT2D eigenvalue weighted by Crippen LogP contribution is 2.24. The number of aliphatic hydroxyl groups excluding tert-OH is 1. The highest BCUT2D eigenvalue weighted by Gasteiger charge is 2.31. The van der Waals surface area contributed by atoms with E-state index in [4.69, 9.17) is 0 Å². The third kappa shape index (κ3) is 2.54. The molecular formula is C10H16N2O3. The number of imide groups is 1. The fourth-order valence-corrected chi connectivity index (χ4v) is 2.26. The van der Waals surface area contributed by atoms with E-state index in [2.05, 4.69) is 10.6 Å². The third-order valence-corrected chi connectivity index (χ3v) is 3.14. The minimum absolute atomic E-state index is 0.184. The van der Waals surface area contributed by atoms with Crippen molar-refractivity contribution >= 4 is 11.8 Å². The summed E-state index contributed by atoms with van der Waals surface area (Å²) in [4.78, 5) is 22.1. The Labute approximate surface area is 88.2 Å². The molecule has 2 aliphatic rings. The Morgan fingerprint density at radius 1 is 1.40 bits per heavy atom. The maximum absolute atomic E-state index is 11.2. The molecule has 3 N–H and O–H groups in total. The van der Waals surface area contributed by atoms with Crippen molar-refractivity contribution in [1.29, 1.82) is 0 Å². The van der Waals surface area contributed by atoms with Crippen LogP contribution in [0.2, 0.25) is 0 Å². The lowest BCUT2D eigenvalue weighted by atomic mass is 10.1. The number of carbonyl (C=O) groups excluding carboxylic acids is 2. The molecule has 5 nitrogen and oxygen atoms in total. The Hall–Kier alpha value is -0.940. The van der Waals surface area contributed by atoms with E-state index in [0.717, 1.165) is 19.3 Å². The molecule has 2 rings (SSSR count). The molecule has 5 heteroatoms. The Morgan fingerprint density at radius 3 is 2.73 bits per heavy atom. The van der Waals surface area contributed by atoms with Crippen molar-refractivity contribution in [2.45, 2.75) is 37.8 Å². The zero-order valence-corrected chi connectivity index (χ0v) is 8.53. The highest BCUT2D eigenvalue weighted by molar-refractivity contribution is 6.05. The van der Waals surface area contributed by atoms with Gasteiger partial charge in [-0.2, -0.15) is 0 Å². The topological polar surface area (TPSA) is 78.4 Å². The lowest BCUT2D eigenvalue weighted by Crippen LogP contribution is -2.38. The summed E-state index contributed by atoms with van der Waals surface area (Å²) in [6, 6.07) is -0.366. The normalized spacial score (nSPS) is 35.9. The van der Waals surface area contributed by atoms with E-state index >= 15 is 0 Å². The molecule has 3 atom stereocenters. The van der Waals surface area contributed by atoms with Crippen LogP contribution in [0.1, 0.15) is 25.7 Å². The van der Waals surface area contributed by atoms with E-state index in [0.29, 0.717) is 12.5 Å². The number of nitrogens with one attached hydrogen (secondary N) is 2. The van der Waals surface area contributed by atoms with Gasteiger partial charge in [-0.05, 0) is 31.7 Å². The maximum Gasteiger partial charge on any atom is 0.244 e. The average molecular weight is 212 g/mol. The van der Waals surface area contributed by atoms with Gasteiger partial charge in [0.25, 0.3) is 0 Å². The summed E-state index contributed by atoms with van der Waals surface area (Å²) in [6.07, 6.45) is 2.71. The van der Waals surface area contributed by atoms with Crippen LogP contribution >= 0.6 is 0 Å². The summed E-state index contributed by atoms with van der Waals surface area (Å²) in [5, 5.41) is 14.7. The van der Waals surface area contributed by atoms with Crippen LogP contribution in [-0.2, 0) is 9.59 Å². The molecule has 84 valence electrons. The van der Waals surface area contributed by atoms with Crippen molar-refractivity contribution < 1.29 is 14.7 Å². The quantitative estimate of drug-likeness (QED) is 0.533. The van der Waals surface area contributed by atoms with Crippen molar-refractivity contribution in [2.24, 2.45) is 5.92 Å². The monoisotopic (exact) mass is 212 g/mol. The minimum Gasteiger partial charge on any atom is -0.393 e. The van der Waals surface area contributed by atoms with Gasteiger partial charge in [0.2, 0.25) is 11.8 Å². The van der Waals surface area contributed by atoms with Gasteiger partial charge in [-0.3, -0.25) is 14.9 Å². The smallest absolute Gasteiger partial charge is 0.244 e. The van der Waals surface area contributed by atoms with Crippen molar-refractivity contribution in [3.05, 3.63) is 0 Å². The first-order chi connectivity index (χ1) is 7.15. The number of rotatable bonds is 3. The van der Waals surface area contributed by atoms with Crippen LogP contribution in [0.3, 0.4) is 0 Å². The Balaban J connectivity index is 1.74. The molecular weight excluding hydrogens is 196 g/mol. The summed E-state index contributed by atoms with van der Waals surface area (Å²) in [5.74, 6) is 0.00556. The average Bonchev–Trinajstić information content (AvgIpc) is 2.70. The molecule has 1 saturated carbocycles. The van der Waals surface area contributed by atoms with Gasteiger partial charge in [-0.1, -0.05) is 0 Å². The molecule has 0 radical (unpaired) electrons. The van der Waals surface area contributed by atoms with E-state index in [9.17, 15) is 14.7 Å². The summed E-state index contributed by atoms with van der Waals surface area (Å²) in [6.45, 7) is 0.711. The molecule has 0 bridgehead atoms. The lowest BCUT2D eigenvalue weighted by Gasteiger charge is -2.13. The maximum atomic E-state index is 11.2. The van der Waals surface area contributed by atoms with Gasteiger partial charge in [0, 0.05) is 0 Å². The number of carbonyl (C=O) groups is 2. The van der Waals surface area contributed by atoms with Crippen LogP contribution in [0.25, 0.3) is 0 Å². The molecule has 3 unspecified atom stereocenters. The van der Waals surface area contributed by atoms with E-state index in [-0.39, 0.29) is 30.4 Å². The van der Waals surface area contributed by atoms with Crippen LogP contribution < -0.4 is 10.6 Å². The van der Waals surface area contributed by atoms with Gasteiger partial charge < -0.3 is 10.4 Å². The van der Waals surface area contributed by atoms with E-state index < -0.39 is 0 Å². The van der Waals surface area contributed by atoms with Crippen molar-refractivity contribution in [3.63, 3.8) is 0 Å². The second kappa shape index (κ2) is 4.28. The molecule has 1 aliphatic heterocycles. The third-order valence-electron chi connectivity index (χ3n) is 3.14. The van der Waals surface area contributed by atoms with Crippen LogP contribution in [0.15, 0.2) is 0 Å². The molecule has 2 amide bonds. The van der Waals surface area contributed by atoms with Crippen molar-refractivity contribution in [1.82, 2.24) is 10.6 Å². The molecule has 0 spiro atoms. The zero-order valence-electron chi connectivity index (χ0n) is 8.53. The van der Waals surface area contributed by atoms with Gasteiger partial charge in [0.15, 0.2) is 0 Å². The Morgan fingerprint density at radius 2 is 2.20 bits per heavy atom. The SMILES string of the molecule is O=C1CC(NCC2CCC(O)C2)C(=O)N1. The molecule has 0 aromatic carbocycles. The summed E-state index contributed by atoms with van der Waals surface area (Å²) in [7, 11) is 0. The van der Waals surface area contributed by atoms with Gasteiger partial charge in [0.05, 0.1) is 18.6 Å². The van der Waals surface area contributed by atoms with Gasteiger partial charge in [-0.25, -0.2) is 0 Å². The predicted molar refractivity (Wildman–Crippen MR) is 52.9 cm³/mol. The first-order valence-corrected chi connectivity index (χ1v) is 5.40. The number of amides is 2. The molecule has 15 heavy (non-hydrogen) atoms. The van der Waals surface area contributed by atoms with Crippen LogP contribution in [0.5, 0.6) is 0 Å². The van der Waals surface area contributed by atoms with E-state index in [1.165, 1.54) is 0 Å². The second-order valence-electron chi connectivity index (χ2n) is 4.41. The van der Waals surface area contributed by atoms with E-state index in [1.807, 2.05) is 0 Å². The number of hydrogen-bond acceptors (Lipinski definition) is 4. The molecule has 0 aromatic heterocycles. The van der Waals surface area contributed by atoms with Gasteiger partial charge in [-0.15, -0.1) is 0 Å². The van der Waals surface area contributed by atoms with Crippen LogP contribution in [0.4, 0.5) is 0 Å². The largest absolute Gasteiger partial charge is 0.393 e. The van der Waals surface area contributed by atoms with Crippen LogP contribution in [-0.4, -0.2) is 35.6 Å². The van der Waals surface area contributed by atoms with Gasteiger partial charge >= 0.3 is 0 Å². The molecule has 1 aliphatic carbocycles. The molecule has 1 heterocycles. The summed E-state index contributed by atoms with van der Waals surface area (Å²) in [5.41, 5.74) is 0. The van der Waals surface area contributed by atoms with Crippen molar-refractivity contribution in [3.8, 4) is 0 Å². The fourth-order valence-electron chi connectivity index (χ4n) is 2.26. The predicted octanol–water partition coefficient (Wildman–Crippen LogP) is -0.848. The standard InChI is InChI=1S/C10H16N2O3/c13-7-2-1-6(3-7)5-11-8-4-9(14)12-10(8)15/h6-8,11,13H,1-5H2,(H,12,14,15). The molecule has 2 fully saturated rings. The Kier molecular flexibility index (Phi) is 3.02. The molecule has 1 saturated heterocycles. The summed E-state index contributed by atoms with van der Waals surface area (Å²) >= 11 is 0. The first kappa shape index (κ1) is 10.6. The minimum atomic E-state index is -0.366. The van der Waals surface area contributed by atoms with E-state index in [1.54, 1.807) is 0 Å². The van der Waals surface area contributed by atoms with Gasteiger partial charge in [0.1, 0.15) is 0 Å². The first-order valence-electron chi connectivity index (χ1n) is 5.40. The number of aliphatic hydroxyl groups is 1. The van der Waals surface area contributed by atoms with Crippen LogP contribution in [0, 0.1) is 5.92 Å². The highest BCUT2D eigenvalue weighted by atomic mass is 16.3. The fraction of sp³-hybridized carbons (Fsp3) is 0.800. The Bertz CT molecular complexity index is 280. The summed E-state index contributed by atoms with van der Waals surface area (Å²) < 4.78 is 0.